The molecule has 0 fully saturated rings. The molecule has 0 aliphatic carbocycles. The predicted octanol–water partition coefficient (Wildman–Crippen LogP) is 4.81. The van der Waals surface area contributed by atoms with E-state index in [1.54, 1.807) is 4.68 Å². The summed E-state index contributed by atoms with van der Waals surface area (Å²) >= 11 is 0. The van der Waals surface area contributed by atoms with Crippen LogP contribution in [0.15, 0.2) is 84.7 Å². The second-order valence-electron chi connectivity index (χ2n) is 8.29. The number of rotatable bonds is 4. The zero-order chi connectivity index (χ0) is 23.9. The fourth-order valence-corrected chi connectivity index (χ4v) is 4.55. The lowest BCUT2D eigenvalue weighted by atomic mass is 9.91. The first-order chi connectivity index (χ1) is 17.1. The van der Waals surface area contributed by atoms with E-state index in [9.17, 15) is 9.50 Å². The minimum atomic E-state index is -0.579. The minimum absolute atomic E-state index is 0.204. The van der Waals surface area contributed by atoms with Crippen molar-refractivity contribution in [1.82, 2.24) is 19.7 Å². The fraction of sp³-hybridized carbons (Fsp3) is 0.0741. The smallest absolute Gasteiger partial charge is 0.164 e. The first-order valence-corrected chi connectivity index (χ1v) is 11.0. The third kappa shape index (κ3) is 3.65. The Labute approximate surface area is 200 Å². The summed E-state index contributed by atoms with van der Waals surface area (Å²) in [6, 6.07) is 21.8. The van der Waals surface area contributed by atoms with Gasteiger partial charge in [-0.05, 0) is 34.9 Å². The maximum absolute atomic E-state index is 14.1. The lowest BCUT2D eigenvalue weighted by molar-refractivity contribution is 0.337. The molecule has 0 radical (unpaired) electrons. The van der Waals surface area contributed by atoms with Crippen LogP contribution < -0.4 is 10.5 Å². The van der Waals surface area contributed by atoms with E-state index < -0.39 is 5.82 Å². The number of nitrogens with zero attached hydrogens (tertiary/aromatic N) is 4. The molecule has 3 heterocycles. The summed E-state index contributed by atoms with van der Waals surface area (Å²) in [6.07, 6.45) is 1.38. The van der Waals surface area contributed by atoms with E-state index in [4.69, 9.17) is 15.6 Å². The molecular weight excluding hydrogens is 445 g/mol. The Morgan fingerprint density at radius 2 is 1.77 bits per heavy atom. The highest BCUT2D eigenvalue weighted by molar-refractivity contribution is 5.98. The quantitative estimate of drug-likeness (QED) is 0.395. The van der Waals surface area contributed by atoms with Crippen molar-refractivity contribution in [1.29, 1.82) is 0 Å². The van der Waals surface area contributed by atoms with Crippen LogP contribution in [-0.2, 0) is 6.54 Å². The van der Waals surface area contributed by atoms with E-state index in [0.29, 0.717) is 35.4 Å². The Kier molecular flexibility index (Phi) is 4.92. The third-order valence-electron chi connectivity index (χ3n) is 6.03. The minimum Gasteiger partial charge on any atom is -0.508 e. The summed E-state index contributed by atoms with van der Waals surface area (Å²) in [5, 5.41) is 15.2. The number of aromatic nitrogens is 4. The third-order valence-corrected chi connectivity index (χ3v) is 6.03. The summed E-state index contributed by atoms with van der Waals surface area (Å²) in [5.74, 6) is 0.263. The van der Waals surface area contributed by atoms with Gasteiger partial charge in [0.05, 0.1) is 11.9 Å². The maximum atomic E-state index is 14.1. The molecule has 7 nitrogen and oxygen atoms in total. The van der Waals surface area contributed by atoms with Crippen LogP contribution in [0.4, 0.5) is 10.2 Å². The predicted molar refractivity (Wildman–Crippen MR) is 131 cm³/mol. The molecule has 0 saturated heterocycles. The second-order valence-corrected chi connectivity index (χ2v) is 8.29. The SMILES string of the molecule is Nc1ncnc2c1c(-c1cc(O)cc(F)c1)nn2CC1=C(c2ccccc2)c2ccccc2OC1. The highest BCUT2D eigenvalue weighted by Crippen LogP contribution is 2.39. The Balaban J connectivity index is 1.55. The number of ether oxygens (including phenoxy) is 1. The molecule has 8 heteroatoms. The number of para-hydroxylation sites is 1. The lowest BCUT2D eigenvalue weighted by Crippen LogP contribution is -2.17. The molecule has 6 rings (SSSR count). The maximum Gasteiger partial charge on any atom is 0.164 e. The van der Waals surface area contributed by atoms with Gasteiger partial charge in [-0.3, -0.25) is 0 Å². The molecule has 0 atom stereocenters. The first-order valence-electron chi connectivity index (χ1n) is 11.0. The molecule has 1 aliphatic rings. The number of hydrogen-bond donors (Lipinski definition) is 2. The highest BCUT2D eigenvalue weighted by atomic mass is 19.1. The average molecular weight is 465 g/mol. The molecule has 3 aromatic carbocycles. The molecule has 3 N–H and O–H groups in total. The van der Waals surface area contributed by atoms with Gasteiger partial charge in [0.2, 0.25) is 0 Å². The van der Waals surface area contributed by atoms with Crippen molar-refractivity contribution >= 4 is 22.4 Å². The Morgan fingerprint density at radius 3 is 2.60 bits per heavy atom. The van der Waals surface area contributed by atoms with Gasteiger partial charge in [-0.2, -0.15) is 5.10 Å². The molecule has 0 spiro atoms. The van der Waals surface area contributed by atoms with Crippen LogP contribution in [0.5, 0.6) is 11.5 Å². The number of hydrogen-bond acceptors (Lipinski definition) is 6. The number of phenols is 1. The number of nitrogens with two attached hydrogens (primary N) is 1. The molecule has 172 valence electrons. The van der Waals surface area contributed by atoms with Crippen molar-refractivity contribution < 1.29 is 14.2 Å². The molecule has 35 heavy (non-hydrogen) atoms. The van der Waals surface area contributed by atoms with Crippen LogP contribution in [0.2, 0.25) is 0 Å². The molecule has 5 aromatic rings. The van der Waals surface area contributed by atoms with Crippen LogP contribution in [0, 0.1) is 5.82 Å². The Morgan fingerprint density at radius 1 is 0.971 bits per heavy atom. The summed E-state index contributed by atoms with van der Waals surface area (Å²) in [5.41, 5.74) is 11.6. The van der Waals surface area contributed by atoms with Crippen molar-refractivity contribution in [2.24, 2.45) is 0 Å². The van der Waals surface area contributed by atoms with E-state index in [0.717, 1.165) is 34.1 Å². The molecule has 0 bridgehead atoms. The Bertz CT molecular complexity index is 1590. The summed E-state index contributed by atoms with van der Waals surface area (Å²) in [4.78, 5) is 8.54. The molecule has 0 amide bonds. The summed E-state index contributed by atoms with van der Waals surface area (Å²) < 4.78 is 21.9. The molecule has 2 aromatic heterocycles. The standard InChI is InChI=1S/C27H20FN5O2/c28-19-10-17(11-20(34)12-19)25-24-26(29)30-15-31-27(24)33(32-25)13-18-14-35-22-9-5-4-8-21(22)23(18)16-6-2-1-3-7-16/h1-12,15,34H,13-14H2,(H2,29,30,31). The van der Waals surface area contributed by atoms with Crippen molar-refractivity contribution in [3.63, 3.8) is 0 Å². The number of benzene rings is 3. The number of nitrogen functional groups attached to an aromatic ring is 1. The van der Waals surface area contributed by atoms with Gasteiger partial charge in [-0.25, -0.2) is 19.0 Å². The van der Waals surface area contributed by atoms with Gasteiger partial charge in [0.1, 0.15) is 41.8 Å². The van der Waals surface area contributed by atoms with Crippen molar-refractivity contribution in [3.05, 3.63) is 102 Å². The van der Waals surface area contributed by atoms with Gasteiger partial charge >= 0.3 is 0 Å². The number of fused-ring (bicyclic) bond motifs is 2. The van der Waals surface area contributed by atoms with E-state index in [1.807, 2.05) is 42.5 Å². The number of aromatic hydroxyl groups is 1. The van der Waals surface area contributed by atoms with Crippen LogP contribution in [0.25, 0.3) is 27.9 Å². The van der Waals surface area contributed by atoms with Crippen molar-refractivity contribution in [3.8, 4) is 22.8 Å². The van der Waals surface area contributed by atoms with Crippen LogP contribution >= 0.6 is 0 Å². The average Bonchev–Trinajstić information content (AvgIpc) is 3.23. The largest absolute Gasteiger partial charge is 0.508 e. The van der Waals surface area contributed by atoms with Gasteiger partial charge in [0.15, 0.2) is 5.65 Å². The zero-order valence-electron chi connectivity index (χ0n) is 18.5. The molecular formula is C27H20FN5O2. The summed E-state index contributed by atoms with van der Waals surface area (Å²) in [7, 11) is 0. The van der Waals surface area contributed by atoms with Crippen molar-refractivity contribution in [2.45, 2.75) is 6.54 Å². The lowest BCUT2D eigenvalue weighted by Gasteiger charge is -2.24. The number of phenolic OH excluding ortho intramolecular Hbond substituents is 1. The van der Waals surface area contributed by atoms with Crippen LogP contribution in [0.3, 0.4) is 0 Å². The fourth-order valence-electron chi connectivity index (χ4n) is 4.55. The van der Waals surface area contributed by atoms with Gasteiger partial charge < -0.3 is 15.6 Å². The second kappa shape index (κ2) is 8.25. The van der Waals surface area contributed by atoms with E-state index in [-0.39, 0.29) is 11.6 Å². The molecule has 0 unspecified atom stereocenters. The van der Waals surface area contributed by atoms with Gasteiger partial charge in [-0.1, -0.05) is 48.5 Å². The zero-order valence-corrected chi connectivity index (χ0v) is 18.5. The molecule has 1 aliphatic heterocycles. The van der Waals surface area contributed by atoms with Crippen LogP contribution in [-0.4, -0.2) is 31.5 Å². The summed E-state index contributed by atoms with van der Waals surface area (Å²) in [6.45, 7) is 0.742. The number of halogens is 1. The van der Waals surface area contributed by atoms with Crippen molar-refractivity contribution in [2.75, 3.05) is 12.3 Å². The molecule has 0 saturated carbocycles. The van der Waals surface area contributed by atoms with E-state index >= 15 is 0 Å². The Hall–Kier alpha value is -4.72. The monoisotopic (exact) mass is 465 g/mol. The first kappa shape index (κ1) is 20.9. The normalized spacial score (nSPS) is 13.1. The number of anilines is 1. The van der Waals surface area contributed by atoms with Gasteiger partial charge in [-0.15, -0.1) is 0 Å². The van der Waals surface area contributed by atoms with E-state index in [2.05, 4.69) is 22.1 Å². The topological polar surface area (TPSA) is 99.1 Å². The van der Waals surface area contributed by atoms with Gasteiger partial charge in [0, 0.05) is 17.2 Å². The highest BCUT2D eigenvalue weighted by Gasteiger charge is 2.24. The van der Waals surface area contributed by atoms with Gasteiger partial charge in [0.25, 0.3) is 0 Å². The van der Waals surface area contributed by atoms with E-state index in [1.165, 1.54) is 18.5 Å². The van der Waals surface area contributed by atoms with Crippen LogP contribution in [0.1, 0.15) is 11.1 Å².